The fourth-order valence-electron chi connectivity index (χ4n) is 4.80. The van der Waals surface area contributed by atoms with Crippen molar-refractivity contribution in [1.82, 2.24) is 15.7 Å². The number of carbonyl (C=O) groups is 2. The van der Waals surface area contributed by atoms with Crippen LogP contribution in [0.15, 0.2) is 30.3 Å². The van der Waals surface area contributed by atoms with Crippen molar-refractivity contribution in [1.29, 1.82) is 5.26 Å². The van der Waals surface area contributed by atoms with E-state index in [1.54, 1.807) is 10.4 Å². The van der Waals surface area contributed by atoms with Crippen molar-refractivity contribution in [2.75, 3.05) is 19.6 Å². The van der Waals surface area contributed by atoms with Crippen molar-refractivity contribution >= 4 is 11.8 Å². The molecule has 7 nitrogen and oxygen atoms in total. The van der Waals surface area contributed by atoms with E-state index in [1.807, 2.05) is 30.3 Å². The van der Waals surface area contributed by atoms with Crippen LogP contribution in [0.5, 0.6) is 0 Å². The third kappa shape index (κ3) is 3.27. The molecule has 28 heavy (non-hydrogen) atoms. The van der Waals surface area contributed by atoms with Crippen LogP contribution < -0.4 is 10.8 Å². The number of nitrogens with one attached hydrogen (secondary N) is 2. The summed E-state index contributed by atoms with van der Waals surface area (Å²) >= 11 is 0. The first-order valence-corrected chi connectivity index (χ1v) is 9.95. The number of piperidine rings is 2. The van der Waals surface area contributed by atoms with Crippen LogP contribution in [-0.4, -0.2) is 47.6 Å². The van der Waals surface area contributed by atoms with E-state index in [-0.39, 0.29) is 11.3 Å². The van der Waals surface area contributed by atoms with Crippen molar-refractivity contribution in [2.45, 2.75) is 43.6 Å². The number of hydroxylamine groups is 1. The third-order valence-corrected chi connectivity index (χ3v) is 6.89. The highest BCUT2D eigenvalue weighted by atomic mass is 16.5. The van der Waals surface area contributed by atoms with Crippen LogP contribution in [0.25, 0.3) is 0 Å². The van der Waals surface area contributed by atoms with E-state index in [0.29, 0.717) is 32.4 Å². The van der Waals surface area contributed by atoms with Gasteiger partial charge in [-0.05, 0) is 43.1 Å². The molecule has 148 valence electrons. The molecule has 2 amide bonds. The monoisotopic (exact) mass is 382 g/mol. The summed E-state index contributed by atoms with van der Waals surface area (Å²) in [7, 11) is 0. The second kappa shape index (κ2) is 7.19. The van der Waals surface area contributed by atoms with Crippen LogP contribution in [0.4, 0.5) is 0 Å². The van der Waals surface area contributed by atoms with Gasteiger partial charge >= 0.3 is 0 Å². The average Bonchev–Trinajstić information content (AvgIpc) is 3.51. The molecule has 1 aliphatic carbocycles. The van der Waals surface area contributed by atoms with Crippen LogP contribution in [0, 0.1) is 22.7 Å². The Hall–Kier alpha value is -2.43. The number of carbonyl (C=O) groups excluding carboxylic acids is 2. The summed E-state index contributed by atoms with van der Waals surface area (Å²) in [4.78, 5) is 27.1. The lowest BCUT2D eigenvalue weighted by molar-refractivity contribution is -0.145. The van der Waals surface area contributed by atoms with Gasteiger partial charge in [0.1, 0.15) is 0 Å². The first-order valence-electron chi connectivity index (χ1n) is 9.95. The topological polar surface area (TPSA) is 105 Å². The van der Waals surface area contributed by atoms with E-state index in [2.05, 4.69) is 11.4 Å². The number of benzene rings is 1. The quantitative estimate of drug-likeness (QED) is 0.540. The first kappa shape index (κ1) is 18.9. The highest BCUT2D eigenvalue weighted by molar-refractivity contribution is 5.90. The highest BCUT2D eigenvalue weighted by Crippen LogP contribution is 2.52. The smallest absolute Gasteiger partial charge is 0.248 e. The Morgan fingerprint density at radius 2 is 1.86 bits per heavy atom. The Morgan fingerprint density at radius 3 is 2.43 bits per heavy atom. The van der Waals surface area contributed by atoms with Crippen LogP contribution in [-0.2, 0) is 15.0 Å². The molecule has 2 unspecified atom stereocenters. The largest absolute Gasteiger partial charge is 0.341 e. The molecule has 1 aromatic rings. The van der Waals surface area contributed by atoms with Crippen molar-refractivity contribution in [3.05, 3.63) is 35.9 Å². The molecular formula is C21H26N4O3. The number of amides is 2. The molecule has 2 atom stereocenters. The number of nitrogens with zero attached hydrogens (tertiary/aromatic N) is 2. The fourth-order valence-corrected chi connectivity index (χ4v) is 4.80. The summed E-state index contributed by atoms with van der Waals surface area (Å²) in [5, 5.41) is 22.2. The number of rotatable bonds is 3. The fraction of sp³-hybridized carbons (Fsp3) is 0.571. The molecule has 4 rings (SSSR count). The predicted molar refractivity (Wildman–Crippen MR) is 101 cm³/mol. The molecule has 1 spiro atoms. The molecule has 3 aliphatic rings. The predicted octanol–water partition coefficient (Wildman–Crippen LogP) is 1.33. The summed E-state index contributed by atoms with van der Waals surface area (Å²) in [5.74, 6) is -1.17. The van der Waals surface area contributed by atoms with Gasteiger partial charge in [0.25, 0.3) is 0 Å². The lowest BCUT2D eigenvalue weighted by Gasteiger charge is -2.42. The van der Waals surface area contributed by atoms with Gasteiger partial charge in [-0.15, -0.1) is 0 Å². The zero-order chi connectivity index (χ0) is 19.8. The summed E-state index contributed by atoms with van der Waals surface area (Å²) in [6.45, 7) is 1.70. The highest BCUT2D eigenvalue weighted by Gasteiger charge is 2.53. The van der Waals surface area contributed by atoms with Crippen molar-refractivity contribution in [3.8, 4) is 6.07 Å². The van der Waals surface area contributed by atoms with Crippen LogP contribution in [0.1, 0.15) is 37.7 Å². The minimum absolute atomic E-state index is 0.108. The van der Waals surface area contributed by atoms with E-state index < -0.39 is 23.3 Å². The standard InChI is InChI=1S/C21H26N4O3/c22-13-21(15-4-2-1-3-5-15)8-10-25(11-9-21)19(27)17-16(18(26)24-28)12-20(6-7-20)14-23-17/h1-5,16-17,23,28H,6-12,14H2,(H,24,26). The van der Waals surface area contributed by atoms with Gasteiger partial charge in [0.15, 0.2) is 0 Å². The Morgan fingerprint density at radius 1 is 1.18 bits per heavy atom. The van der Waals surface area contributed by atoms with E-state index in [0.717, 1.165) is 24.9 Å². The molecular weight excluding hydrogens is 356 g/mol. The summed E-state index contributed by atoms with van der Waals surface area (Å²) in [6, 6.07) is 11.6. The van der Waals surface area contributed by atoms with E-state index in [4.69, 9.17) is 5.21 Å². The Kier molecular flexibility index (Phi) is 4.86. The van der Waals surface area contributed by atoms with Gasteiger partial charge in [0, 0.05) is 19.6 Å². The number of likely N-dealkylation sites (tertiary alicyclic amines) is 1. The third-order valence-electron chi connectivity index (χ3n) is 6.89. The molecule has 7 heteroatoms. The summed E-state index contributed by atoms with van der Waals surface area (Å²) in [6.07, 6.45) is 3.89. The van der Waals surface area contributed by atoms with Crippen LogP contribution in [0.3, 0.4) is 0 Å². The van der Waals surface area contributed by atoms with E-state index in [1.165, 1.54) is 0 Å². The zero-order valence-corrected chi connectivity index (χ0v) is 15.9. The molecule has 0 radical (unpaired) electrons. The Balaban J connectivity index is 1.46. The molecule has 1 aromatic carbocycles. The molecule has 3 N–H and O–H groups in total. The molecule has 0 bridgehead atoms. The van der Waals surface area contributed by atoms with Crippen LogP contribution >= 0.6 is 0 Å². The lowest BCUT2D eigenvalue weighted by atomic mass is 9.73. The van der Waals surface area contributed by atoms with Crippen molar-refractivity contribution in [3.63, 3.8) is 0 Å². The summed E-state index contributed by atoms with van der Waals surface area (Å²) in [5.41, 5.74) is 2.27. The van der Waals surface area contributed by atoms with Gasteiger partial charge in [0.05, 0.1) is 23.4 Å². The second-order valence-electron chi connectivity index (χ2n) is 8.53. The maximum Gasteiger partial charge on any atom is 0.248 e. The van der Waals surface area contributed by atoms with Gasteiger partial charge < -0.3 is 10.2 Å². The first-order chi connectivity index (χ1) is 13.5. The second-order valence-corrected chi connectivity index (χ2v) is 8.53. The Labute approximate surface area is 164 Å². The van der Waals surface area contributed by atoms with Gasteiger partial charge in [-0.1, -0.05) is 30.3 Å². The van der Waals surface area contributed by atoms with Gasteiger partial charge in [0.2, 0.25) is 11.8 Å². The average molecular weight is 382 g/mol. The minimum Gasteiger partial charge on any atom is -0.341 e. The molecule has 0 aromatic heterocycles. The zero-order valence-electron chi connectivity index (χ0n) is 15.9. The maximum atomic E-state index is 13.2. The van der Waals surface area contributed by atoms with Crippen molar-refractivity contribution < 1.29 is 14.8 Å². The van der Waals surface area contributed by atoms with Gasteiger partial charge in [-0.2, -0.15) is 5.26 Å². The molecule has 2 heterocycles. The lowest BCUT2D eigenvalue weighted by Crippen LogP contribution is -2.60. The molecule has 3 fully saturated rings. The number of hydrogen-bond donors (Lipinski definition) is 3. The molecule has 2 aliphatic heterocycles. The maximum absolute atomic E-state index is 13.2. The SMILES string of the molecule is N#CC1(c2ccccc2)CCN(C(=O)C2NCC3(CC3)CC2C(=O)NO)CC1. The van der Waals surface area contributed by atoms with Gasteiger partial charge in [-0.3, -0.25) is 14.8 Å². The van der Waals surface area contributed by atoms with E-state index >= 15 is 0 Å². The Bertz CT molecular complexity index is 792. The molecule has 2 saturated heterocycles. The normalized spacial score (nSPS) is 27.6. The van der Waals surface area contributed by atoms with Crippen molar-refractivity contribution in [2.24, 2.45) is 11.3 Å². The van der Waals surface area contributed by atoms with Crippen LogP contribution in [0.2, 0.25) is 0 Å². The number of nitriles is 1. The summed E-state index contributed by atoms with van der Waals surface area (Å²) < 4.78 is 0. The van der Waals surface area contributed by atoms with E-state index in [9.17, 15) is 14.9 Å². The molecule has 1 saturated carbocycles. The van der Waals surface area contributed by atoms with Gasteiger partial charge in [-0.25, -0.2) is 5.48 Å². The number of hydrogen-bond acceptors (Lipinski definition) is 5. The minimum atomic E-state index is -0.621.